The van der Waals surface area contributed by atoms with E-state index in [2.05, 4.69) is 38.2 Å². The molecule has 3 N–H and O–H groups in total. The van der Waals surface area contributed by atoms with Crippen molar-refractivity contribution in [3.63, 3.8) is 0 Å². The summed E-state index contributed by atoms with van der Waals surface area (Å²) in [5.41, 5.74) is 0. The van der Waals surface area contributed by atoms with Crippen molar-refractivity contribution in [3.8, 4) is 0 Å². The van der Waals surface area contributed by atoms with Gasteiger partial charge in [0.25, 0.3) is 0 Å². The molecule has 0 aliphatic rings. The van der Waals surface area contributed by atoms with E-state index in [9.17, 15) is 19.8 Å². The number of unbranched alkanes of at least 4 members (excludes halogenated alkanes) is 30. The van der Waals surface area contributed by atoms with Crippen LogP contribution >= 0.6 is 0 Å². The lowest BCUT2D eigenvalue weighted by Gasteiger charge is -2.24. The zero-order valence-electron chi connectivity index (χ0n) is 41.7. The predicted octanol–water partition coefficient (Wildman–Crippen LogP) is 16.4. The molecule has 0 fully saturated rings. The molecule has 0 bridgehead atoms. The summed E-state index contributed by atoms with van der Waals surface area (Å²) in [5.74, 6) is -0.538. The van der Waals surface area contributed by atoms with Crippen LogP contribution in [0.1, 0.15) is 265 Å². The lowest BCUT2D eigenvalue weighted by Crippen LogP contribution is -2.46. The van der Waals surface area contributed by atoms with Gasteiger partial charge in [-0.2, -0.15) is 0 Å². The van der Waals surface area contributed by atoms with Gasteiger partial charge in [0.2, 0.25) is 5.91 Å². The standard InChI is InChI=1S/C57H103NO5/c1-4-7-10-13-16-19-22-25-26-27-28-29-30-32-35-38-41-44-47-50-57(62)63-53(48-45-42-39-36-33-31-23-20-17-14-11-8-5-2)51-56(61)58-54(52-59)55(60)49-46-43-40-37-34-24-21-18-15-12-9-6-3/h8,11,14,17,20,23,31,33,36,39,53-55,59-60H,4-7,9-10,12-13,15-16,18-19,21-22,24-30,32,34-35,37-38,40-52H2,1-3H3,(H,58,61)/b11-8+,17-14+,23-20-,33-31-,39-36+. The van der Waals surface area contributed by atoms with Gasteiger partial charge in [-0.15, -0.1) is 0 Å². The topological polar surface area (TPSA) is 95.9 Å². The fourth-order valence-electron chi connectivity index (χ4n) is 8.16. The zero-order chi connectivity index (χ0) is 45.9. The molecular weight excluding hydrogens is 779 g/mol. The minimum absolute atomic E-state index is 0.0299. The number of ether oxygens (including phenoxy) is 1. The summed E-state index contributed by atoms with van der Waals surface area (Å²) in [5, 5.41) is 23.7. The van der Waals surface area contributed by atoms with Gasteiger partial charge < -0.3 is 20.3 Å². The number of carbonyl (C=O) groups is 2. The van der Waals surface area contributed by atoms with Gasteiger partial charge in [0.15, 0.2) is 0 Å². The first-order valence-electron chi connectivity index (χ1n) is 27.1. The van der Waals surface area contributed by atoms with E-state index in [-0.39, 0.29) is 24.9 Å². The monoisotopic (exact) mass is 882 g/mol. The highest BCUT2D eigenvalue weighted by Crippen LogP contribution is 2.18. The summed E-state index contributed by atoms with van der Waals surface area (Å²) < 4.78 is 5.91. The molecule has 0 heterocycles. The molecule has 0 aromatic carbocycles. The van der Waals surface area contributed by atoms with Crippen molar-refractivity contribution in [1.82, 2.24) is 5.32 Å². The van der Waals surface area contributed by atoms with E-state index in [0.29, 0.717) is 19.3 Å². The van der Waals surface area contributed by atoms with Crippen molar-refractivity contribution in [3.05, 3.63) is 60.8 Å². The number of esters is 1. The number of allylic oxidation sites excluding steroid dienone is 10. The highest BCUT2D eigenvalue weighted by atomic mass is 16.5. The molecule has 0 rings (SSSR count). The van der Waals surface area contributed by atoms with Crippen LogP contribution in [-0.2, 0) is 14.3 Å². The molecule has 0 saturated carbocycles. The Balaban J connectivity index is 4.58. The molecule has 0 spiro atoms. The second kappa shape index (κ2) is 50.6. The van der Waals surface area contributed by atoms with Crippen molar-refractivity contribution >= 4 is 11.9 Å². The summed E-state index contributed by atoms with van der Waals surface area (Å²) in [6.07, 6.45) is 63.0. The van der Waals surface area contributed by atoms with E-state index in [1.165, 1.54) is 161 Å². The van der Waals surface area contributed by atoms with Gasteiger partial charge in [0.05, 0.1) is 25.2 Å². The largest absolute Gasteiger partial charge is 0.462 e. The Morgan fingerprint density at radius 3 is 1.27 bits per heavy atom. The van der Waals surface area contributed by atoms with Gasteiger partial charge in [-0.3, -0.25) is 9.59 Å². The Morgan fingerprint density at radius 2 is 0.857 bits per heavy atom. The average molecular weight is 882 g/mol. The van der Waals surface area contributed by atoms with Crippen molar-refractivity contribution in [2.24, 2.45) is 0 Å². The molecule has 3 atom stereocenters. The first-order valence-corrected chi connectivity index (χ1v) is 27.1. The summed E-state index contributed by atoms with van der Waals surface area (Å²) in [6.45, 7) is 6.33. The minimum atomic E-state index is -0.806. The van der Waals surface area contributed by atoms with Crippen LogP contribution in [0.25, 0.3) is 0 Å². The number of aliphatic hydroxyl groups is 2. The third-order valence-electron chi connectivity index (χ3n) is 12.2. The first-order chi connectivity index (χ1) is 31.0. The Kier molecular flexibility index (Phi) is 48.6. The molecule has 0 radical (unpaired) electrons. The Hall–Kier alpha value is -2.44. The van der Waals surface area contributed by atoms with Crippen LogP contribution in [0.3, 0.4) is 0 Å². The smallest absolute Gasteiger partial charge is 0.306 e. The van der Waals surface area contributed by atoms with Crippen LogP contribution in [0.4, 0.5) is 0 Å². The quantitative estimate of drug-likeness (QED) is 0.0321. The number of hydrogen-bond acceptors (Lipinski definition) is 5. The molecule has 63 heavy (non-hydrogen) atoms. The van der Waals surface area contributed by atoms with Gasteiger partial charge in [0.1, 0.15) is 6.10 Å². The normalized spacial score (nSPS) is 13.7. The maximum atomic E-state index is 13.2. The van der Waals surface area contributed by atoms with E-state index in [4.69, 9.17) is 4.74 Å². The SMILES string of the molecule is CC/C=C/C=C/C=C\C=C/C=C/CCCC(CC(=O)NC(CO)C(O)CCCCCCCCCCCCCC)OC(=O)CCCCCCCCCCCCCCCCCCCCC. The summed E-state index contributed by atoms with van der Waals surface area (Å²) in [6, 6.07) is -0.724. The highest BCUT2D eigenvalue weighted by Gasteiger charge is 2.24. The molecule has 1 amide bonds. The molecule has 6 nitrogen and oxygen atoms in total. The van der Waals surface area contributed by atoms with Gasteiger partial charge in [0, 0.05) is 6.42 Å². The van der Waals surface area contributed by atoms with Crippen LogP contribution in [0.15, 0.2) is 60.8 Å². The fraction of sp³-hybridized carbons (Fsp3) is 0.789. The van der Waals surface area contributed by atoms with Crippen LogP contribution < -0.4 is 5.32 Å². The molecule has 0 aromatic rings. The number of aliphatic hydroxyl groups excluding tert-OH is 2. The molecule has 0 aliphatic carbocycles. The maximum absolute atomic E-state index is 13.2. The average Bonchev–Trinajstić information content (AvgIpc) is 3.28. The van der Waals surface area contributed by atoms with Crippen LogP contribution in [0.5, 0.6) is 0 Å². The number of rotatable bonds is 48. The molecule has 6 heteroatoms. The number of carbonyl (C=O) groups excluding carboxylic acids is 2. The van der Waals surface area contributed by atoms with Crippen molar-refractivity contribution in [2.75, 3.05) is 6.61 Å². The van der Waals surface area contributed by atoms with E-state index >= 15 is 0 Å². The highest BCUT2D eigenvalue weighted by molar-refractivity contribution is 5.77. The lowest BCUT2D eigenvalue weighted by molar-refractivity contribution is -0.151. The zero-order valence-corrected chi connectivity index (χ0v) is 41.7. The second-order valence-electron chi connectivity index (χ2n) is 18.4. The molecule has 0 aromatic heterocycles. The van der Waals surface area contributed by atoms with Crippen molar-refractivity contribution < 1.29 is 24.5 Å². The Bertz CT molecular complexity index is 1130. The molecule has 366 valence electrons. The minimum Gasteiger partial charge on any atom is -0.462 e. The number of nitrogens with one attached hydrogen (secondary N) is 1. The molecular formula is C57H103NO5. The van der Waals surface area contributed by atoms with E-state index in [1.807, 2.05) is 48.6 Å². The predicted molar refractivity (Wildman–Crippen MR) is 273 cm³/mol. The van der Waals surface area contributed by atoms with E-state index < -0.39 is 18.2 Å². The van der Waals surface area contributed by atoms with Crippen LogP contribution in [0, 0.1) is 0 Å². The number of hydrogen-bond donors (Lipinski definition) is 3. The molecule has 0 aliphatic heterocycles. The third kappa shape index (κ3) is 45.9. The van der Waals surface area contributed by atoms with Gasteiger partial charge >= 0.3 is 5.97 Å². The van der Waals surface area contributed by atoms with Crippen molar-refractivity contribution in [2.45, 2.75) is 283 Å². The second-order valence-corrected chi connectivity index (χ2v) is 18.4. The third-order valence-corrected chi connectivity index (χ3v) is 12.2. The Morgan fingerprint density at radius 1 is 0.476 bits per heavy atom. The van der Waals surface area contributed by atoms with E-state index in [1.54, 1.807) is 0 Å². The Labute approximate surface area is 390 Å². The van der Waals surface area contributed by atoms with E-state index in [0.717, 1.165) is 57.8 Å². The lowest BCUT2D eigenvalue weighted by atomic mass is 10.0. The van der Waals surface area contributed by atoms with Crippen LogP contribution in [-0.4, -0.2) is 46.9 Å². The molecule has 0 saturated heterocycles. The summed E-state index contributed by atoms with van der Waals surface area (Å²) in [4.78, 5) is 26.2. The molecule has 3 unspecified atom stereocenters. The summed E-state index contributed by atoms with van der Waals surface area (Å²) >= 11 is 0. The van der Waals surface area contributed by atoms with Gasteiger partial charge in [-0.1, -0.05) is 274 Å². The number of amides is 1. The van der Waals surface area contributed by atoms with Gasteiger partial charge in [-0.05, 0) is 38.5 Å². The van der Waals surface area contributed by atoms with Crippen LogP contribution in [0.2, 0.25) is 0 Å². The summed E-state index contributed by atoms with van der Waals surface area (Å²) in [7, 11) is 0. The van der Waals surface area contributed by atoms with Gasteiger partial charge in [-0.25, -0.2) is 0 Å². The first kappa shape index (κ1) is 60.6. The maximum Gasteiger partial charge on any atom is 0.306 e. The van der Waals surface area contributed by atoms with Crippen molar-refractivity contribution in [1.29, 1.82) is 0 Å². The fourth-order valence-corrected chi connectivity index (χ4v) is 8.16.